The molecule has 0 amide bonds. The van der Waals surface area contributed by atoms with Crippen molar-refractivity contribution in [1.82, 2.24) is 0 Å². The Morgan fingerprint density at radius 1 is 0.319 bits per heavy atom. The van der Waals surface area contributed by atoms with Gasteiger partial charge in [0.25, 0.3) is 0 Å². The lowest BCUT2D eigenvalue weighted by atomic mass is 9.84. The molecule has 0 atom stereocenters. The van der Waals surface area contributed by atoms with Crippen molar-refractivity contribution in [3.05, 3.63) is 170 Å². The topological polar surface area (TPSA) is 13.1 Å². The number of benzene rings is 9. The number of fused-ring (bicyclic) bond motifs is 8. The second-order valence-corrected chi connectivity index (χ2v) is 12.4. The van der Waals surface area contributed by atoms with Crippen molar-refractivity contribution in [2.24, 2.45) is 0 Å². The molecule has 218 valence electrons. The molecule has 10 rings (SSSR count). The summed E-state index contributed by atoms with van der Waals surface area (Å²) in [5, 5.41) is 12.2. The molecule has 0 radical (unpaired) electrons. The van der Waals surface area contributed by atoms with Crippen LogP contribution < -0.4 is 0 Å². The molecule has 1 aromatic heterocycles. The fraction of sp³-hybridized carbons (Fsp3) is 0. The van der Waals surface area contributed by atoms with Gasteiger partial charge in [0.1, 0.15) is 11.2 Å². The normalized spacial score (nSPS) is 11.8. The molecule has 0 unspecified atom stereocenters. The maximum Gasteiger partial charge on any atom is 0.143 e. The molecule has 0 aliphatic rings. The SMILES string of the molecule is c1ccc(-c2cc3ccccc3c3c2oc2ccc(-c4c5ccccc5c(-c5cccc6ccccc56)c5ccccc45)cc23)cc1. The van der Waals surface area contributed by atoms with E-state index in [9.17, 15) is 0 Å². The highest BCUT2D eigenvalue weighted by Crippen LogP contribution is 2.47. The smallest absolute Gasteiger partial charge is 0.143 e. The quantitative estimate of drug-likeness (QED) is 0.185. The molecule has 10 aromatic rings. The molecule has 0 aliphatic heterocycles. The van der Waals surface area contributed by atoms with Gasteiger partial charge in [0.15, 0.2) is 0 Å². The molecule has 1 heteroatoms. The lowest BCUT2D eigenvalue weighted by Crippen LogP contribution is -1.91. The summed E-state index contributed by atoms with van der Waals surface area (Å²) in [5.74, 6) is 0. The fourth-order valence-corrected chi connectivity index (χ4v) is 7.79. The molecule has 0 N–H and O–H groups in total. The first-order chi connectivity index (χ1) is 23.3. The van der Waals surface area contributed by atoms with Crippen LogP contribution in [0.3, 0.4) is 0 Å². The first-order valence-electron chi connectivity index (χ1n) is 16.2. The van der Waals surface area contributed by atoms with Crippen molar-refractivity contribution in [3.8, 4) is 33.4 Å². The van der Waals surface area contributed by atoms with E-state index < -0.39 is 0 Å². The van der Waals surface area contributed by atoms with E-state index in [1.54, 1.807) is 0 Å². The third-order valence-electron chi connectivity index (χ3n) is 9.83. The van der Waals surface area contributed by atoms with Gasteiger partial charge in [0.05, 0.1) is 0 Å². The number of hydrogen-bond donors (Lipinski definition) is 0. The zero-order chi connectivity index (χ0) is 30.9. The second kappa shape index (κ2) is 10.2. The Balaban J connectivity index is 1.31. The molecule has 0 spiro atoms. The van der Waals surface area contributed by atoms with Crippen LogP contribution in [0.4, 0.5) is 0 Å². The van der Waals surface area contributed by atoms with Gasteiger partial charge in [0.2, 0.25) is 0 Å². The van der Waals surface area contributed by atoms with E-state index >= 15 is 0 Å². The standard InChI is InChI=1S/C46H28O/c1-2-13-30(14-3-1)40-27-31-16-5-7-19-34(31)45-41-28-32(25-26-42(41)47-46(40)45)43-36-20-8-10-22-38(36)44(39-23-11-9-21-37(39)43)35-24-12-17-29-15-4-6-18-33(29)35/h1-28H. The summed E-state index contributed by atoms with van der Waals surface area (Å²) >= 11 is 0. The predicted octanol–water partition coefficient (Wildman–Crippen LogP) is 13.2. The van der Waals surface area contributed by atoms with Crippen LogP contribution in [0, 0.1) is 0 Å². The van der Waals surface area contributed by atoms with Gasteiger partial charge >= 0.3 is 0 Å². The molecule has 1 nitrogen and oxygen atoms in total. The highest BCUT2D eigenvalue weighted by atomic mass is 16.3. The molecular formula is C46H28O. The van der Waals surface area contributed by atoms with Crippen molar-refractivity contribution in [2.75, 3.05) is 0 Å². The highest BCUT2D eigenvalue weighted by Gasteiger charge is 2.20. The van der Waals surface area contributed by atoms with Crippen LogP contribution in [0.25, 0.3) is 98.4 Å². The Labute approximate surface area is 271 Å². The zero-order valence-electron chi connectivity index (χ0n) is 25.6. The average molecular weight is 597 g/mol. The fourth-order valence-electron chi connectivity index (χ4n) is 7.79. The van der Waals surface area contributed by atoms with E-state index in [1.807, 2.05) is 0 Å². The Morgan fingerprint density at radius 3 is 1.62 bits per heavy atom. The van der Waals surface area contributed by atoms with Crippen molar-refractivity contribution in [1.29, 1.82) is 0 Å². The van der Waals surface area contributed by atoms with Crippen LogP contribution >= 0.6 is 0 Å². The number of furan rings is 1. The first kappa shape index (κ1) is 26.1. The Hall–Kier alpha value is -6.18. The maximum absolute atomic E-state index is 6.73. The van der Waals surface area contributed by atoms with Crippen LogP contribution in [0.15, 0.2) is 174 Å². The molecule has 1 heterocycles. The summed E-state index contributed by atoms with van der Waals surface area (Å²) < 4.78 is 6.73. The van der Waals surface area contributed by atoms with Crippen LogP contribution in [0.1, 0.15) is 0 Å². The van der Waals surface area contributed by atoms with Crippen molar-refractivity contribution >= 4 is 65.0 Å². The molecule has 0 fully saturated rings. The monoisotopic (exact) mass is 596 g/mol. The molecule has 47 heavy (non-hydrogen) atoms. The molecule has 0 saturated carbocycles. The third-order valence-corrected chi connectivity index (χ3v) is 9.83. The Morgan fingerprint density at radius 2 is 0.894 bits per heavy atom. The summed E-state index contributed by atoms with van der Waals surface area (Å²) in [4.78, 5) is 0. The molecular weight excluding hydrogens is 569 g/mol. The second-order valence-electron chi connectivity index (χ2n) is 12.4. The minimum Gasteiger partial charge on any atom is -0.455 e. The molecule has 0 aliphatic carbocycles. The predicted molar refractivity (Wildman–Crippen MR) is 200 cm³/mol. The zero-order valence-corrected chi connectivity index (χ0v) is 25.6. The minimum absolute atomic E-state index is 0.901. The summed E-state index contributed by atoms with van der Waals surface area (Å²) in [6.45, 7) is 0. The van der Waals surface area contributed by atoms with Gasteiger partial charge in [-0.25, -0.2) is 0 Å². The van der Waals surface area contributed by atoms with Crippen LogP contribution in [-0.2, 0) is 0 Å². The third kappa shape index (κ3) is 3.90. The largest absolute Gasteiger partial charge is 0.455 e. The first-order valence-corrected chi connectivity index (χ1v) is 16.2. The summed E-state index contributed by atoms with van der Waals surface area (Å²) in [5.41, 5.74) is 9.09. The van der Waals surface area contributed by atoms with Gasteiger partial charge in [-0.2, -0.15) is 0 Å². The Kier molecular flexibility index (Phi) is 5.64. The summed E-state index contributed by atoms with van der Waals surface area (Å²) in [7, 11) is 0. The van der Waals surface area contributed by atoms with Crippen molar-refractivity contribution < 1.29 is 4.42 Å². The van der Waals surface area contributed by atoms with Gasteiger partial charge < -0.3 is 4.42 Å². The molecule has 0 saturated heterocycles. The molecule has 0 bridgehead atoms. The number of rotatable bonds is 3. The summed E-state index contributed by atoms with van der Waals surface area (Å²) in [6.07, 6.45) is 0. The number of hydrogen-bond acceptors (Lipinski definition) is 1. The Bertz CT molecular complexity index is 2780. The van der Waals surface area contributed by atoms with E-state index in [0.717, 1.165) is 27.7 Å². The van der Waals surface area contributed by atoms with Gasteiger partial charge in [-0.15, -0.1) is 0 Å². The average Bonchev–Trinajstić information content (AvgIpc) is 3.53. The maximum atomic E-state index is 6.73. The van der Waals surface area contributed by atoms with Crippen LogP contribution in [0.5, 0.6) is 0 Å². The van der Waals surface area contributed by atoms with E-state index in [-0.39, 0.29) is 0 Å². The summed E-state index contributed by atoms with van der Waals surface area (Å²) in [6, 6.07) is 61.4. The lowest BCUT2D eigenvalue weighted by Gasteiger charge is -2.18. The van der Waals surface area contributed by atoms with E-state index in [0.29, 0.717) is 0 Å². The lowest BCUT2D eigenvalue weighted by molar-refractivity contribution is 0.670. The van der Waals surface area contributed by atoms with Gasteiger partial charge in [-0.1, -0.05) is 152 Å². The van der Waals surface area contributed by atoms with Crippen molar-refractivity contribution in [3.63, 3.8) is 0 Å². The van der Waals surface area contributed by atoms with Gasteiger partial charge in [-0.3, -0.25) is 0 Å². The highest BCUT2D eigenvalue weighted by molar-refractivity contribution is 6.26. The van der Waals surface area contributed by atoms with Crippen LogP contribution in [0.2, 0.25) is 0 Å². The van der Waals surface area contributed by atoms with Crippen LogP contribution in [-0.4, -0.2) is 0 Å². The minimum atomic E-state index is 0.901. The molecule has 9 aromatic carbocycles. The van der Waals surface area contributed by atoms with E-state index in [4.69, 9.17) is 4.42 Å². The van der Waals surface area contributed by atoms with Gasteiger partial charge in [-0.05, 0) is 89.1 Å². The van der Waals surface area contributed by atoms with Crippen molar-refractivity contribution in [2.45, 2.75) is 0 Å². The van der Waals surface area contributed by atoms with Gasteiger partial charge in [0, 0.05) is 16.3 Å². The van der Waals surface area contributed by atoms with E-state index in [1.165, 1.54) is 70.7 Å². The van der Waals surface area contributed by atoms with E-state index in [2.05, 4.69) is 170 Å².